The van der Waals surface area contributed by atoms with Crippen molar-refractivity contribution in [1.29, 1.82) is 0 Å². The van der Waals surface area contributed by atoms with Gasteiger partial charge in [-0.05, 0) is 78.6 Å². The van der Waals surface area contributed by atoms with Crippen LogP contribution in [0.25, 0.3) is 5.76 Å². The predicted octanol–water partition coefficient (Wildman–Crippen LogP) is 4.79. The molecule has 36 heavy (non-hydrogen) atoms. The second-order valence-corrected chi connectivity index (χ2v) is 9.10. The Morgan fingerprint density at radius 3 is 2.36 bits per heavy atom. The Morgan fingerprint density at radius 2 is 1.69 bits per heavy atom. The number of anilines is 1. The highest BCUT2D eigenvalue weighted by Gasteiger charge is 2.47. The minimum atomic E-state index is -0.873. The third-order valence-electron chi connectivity index (χ3n) is 6.35. The first kappa shape index (κ1) is 23.4. The molecule has 2 aliphatic rings. The van der Waals surface area contributed by atoms with Crippen LogP contribution in [0.15, 0.2) is 66.2 Å². The molecule has 0 spiro atoms. The normalized spacial score (nSPS) is 18.2. The Balaban J connectivity index is 1.68. The largest absolute Gasteiger partial charge is 0.507 e. The third kappa shape index (κ3) is 4.13. The fourth-order valence-corrected chi connectivity index (χ4v) is 4.88. The highest BCUT2D eigenvalue weighted by Crippen LogP contribution is 2.43. The summed E-state index contributed by atoms with van der Waals surface area (Å²) in [6, 6.07) is 16.6. The molecular weight excluding hydrogens is 458 g/mol. The number of amides is 1. The van der Waals surface area contributed by atoms with Crippen molar-refractivity contribution in [3.05, 3.63) is 94.1 Å². The van der Waals surface area contributed by atoms with E-state index in [4.69, 9.17) is 9.47 Å². The van der Waals surface area contributed by atoms with Crippen LogP contribution in [0.4, 0.5) is 5.69 Å². The van der Waals surface area contributed by atoms with Crippen LogP contribution in [0.3, 0.4) is 0 Å². The summed E-state index contributed by atoms with van der Waals surface area (Å²) >= 11 is 0. The van der Waals surface area contributed by atoms with Crippen LogP contribution in [0.5, 0.6) is 11.5 Å². The van der Waals surface area contributed by atoms with Gasteiger partial charge in [-0.25, -0.2) is 0 Å². The van der Waals surface area contributed by atoms with Gasteiger partial charge in [0.15, 0.2) is 0 Å². The van der Waals surface area contributed by atoms with Gasteiger partial charge < -0.3 is 14.6 Å². The molecule has 1 N–H and O–H groups in total. The summed E-state index contributed by atoms with van der Waals surface area (Å²) in [5.74, 6) is -1.10. The van der Waals surface area contributed by atoms with E-state index in [-0.39, 0.29) is 11.3 Å². The molecule has 1 amide bonds. The van der Waals surface area contributed by atoms with Crippen LogP contribution in [-0.4, -0.2) is 29.4 Å². The summed E-state index contributed by atoms with van der Waals surface area (Å²) in [5.41, 5.74) is 4.41. The number of hydrogen-bond donors (Lipinski definition) is 1. The molecule has 2 heterocycles. The summed E-state index contributed by atoms with van der Waals surface area (Å²) in [4.78, 5) is 39.6. The summed E-state index contributed by atoms with van der Waals surface area (Å²) in [7, 11) is 0. The van der Waals surface area contributed by atoms with Crippen molar-refractivity contribution in [3.8, 4) is 11.5 Å². The number of aliphatic hydroxyl groups is 1. The van der Waals surface area contributed by atoms with Gasteiger partial charge in [0.1, 0.15) is 17.3 Å². The van der Waals surface area contributed by atoms with Crippen LogP contribution in [-0.2, 0) is 20.8 Å². The van der Waals surface area contributed by atoms with E-state index < -0.39 is 23.7 Å². The summed E-state index contributed by atoms with van der Waals surface area (Å²) < 4.78 is 10.7. The number of rotatable bonds is 4. The standard InChI is InChI=1S/C29H25NO6/c1-16-12-17(2)14-22(13-16)30-26(19-4-7-23(8-5-19)36-18(3)31)25(28(33)29(30)34)27(32)21-6-9-24-20(15-21)10-11-35-24/h4-9,12-15,26,32H,10-11H2,1-3H3/b27-25-. The highest BCUT2D eigenvalue weighted by atomic mass is 16.5. The van der Waals surface area contributed by atoms with E-state index in [0.29, 0.717) is 35.6 Å². The number of ether oxygens (including phenoxy) is 2. The van der Waals surface area contributed by atoms with E-state index in [9.17, 15) is 19.5 Å². The quantitative estimate of drug-likeness (QED) is 0.189. The number of esters is 1. The minimum absolute atomic E-state index is 0.00161. The fraction of sp³-hybridized carbons (Fsp3) is 0.207. The first-order valence-corrected chi connectivity index (χ1v) is 11.7. The molecule has 5 rings (SSSR count). The van der Waals surface area contributed by atoms with Crippen molar-refractivity contribution in [2.75, 3.05) is 11.5 Å². The number of carbonyl (C=O) groups is 3. The first-order valence-electron chi connectivity index (χ1n) is 11.7. The van der Waals surface area contributed by atoms with Gasteiger partial charge >= 0.3 is 5.97 Å². The van der Waals surface area contributed by atoms with Crippen molar-refractivity contribution in [2.45, 2.75) is 33.2 Å². The zero-order valence-electron chi connectivity index (χ0n) is 20.2. The Kier molecular flexibility index (Phi) is 5.84. The topological polar surface area (TPSA) is 93.1 Å². The van der Waals surface area contributed by atoms with Crippen molar-refractivity contribution < 1.29 is 29.0 Å². The minimum Gasteiger partial charge on any atom is -0.507 e. The van der Waals surface area contributed by atoms with Gasteiger partial charge in [-0.15, -0.1) is 0 Å². The van der Waals surface area contributed by atoms with E-state index in [1.165, 1.54) is 11.8 Å². The van der Waals surface area contributed by atoms with Crippen molar-refractivity contribution >= 4 is 29.1 Å². The van der Waals surface area contributed by atoms with Crippen LogP contribution < -0.4 is 14.4 Å². The molecule has 7 heteroatoms. The van der Waals surface area contributed by atoms with E-state index in [1.54, 1.807) is 42.5 Å². The number of ketones is 1. The lowest BCUT2D eigenvalue weighted by molar-refractivity contribution is -0.132. The zero-order chi connectivity index (χ0) is 25.6. The molecule has 0 aromatic heterocycles. The number of nitrogens with zero attached hydrogens (tertiary/aromatic N) is 1. The van der Waals surface area contributed by atoms with Crippen LogP contribution in [0, 0.1) is 13.8 Å². The van der Waals surface area contributed by atoms with Crippen LogP contribution in [0.2, 0.25) is 0 Å². The number of aryl methyl sites for hydroxylation is 2. The Morgan fingerprint density at radius 1 is 1.00 bits per heavy atom. The van der Waals surface area contributed by atoms with Gasteiger partial charge in [-0.2, -0.15) is 0 Å². The molecular formula is C29H25NO6. The van der Waals surface area contributed by atoms with E-state index >= 15 is 0 Å². The molecule has 1 atom stereocenters. The highest BCUT2D eigenvalue weighted by molar-refractivity contribution is 6.51. The number of benzene rings is 3. The van der Waals surface area contributed by atoms with Crippen molar-refractivity contribution in [2.24, 2.45) is 0 Å². The van der Waals surface area contributed by atoms with Gasteiger partial charge in [-0.3, -0.25) is 19.3 Å². The van der Waals surface area contributed by atoms with Crippen molar-refractivity contribution in [1.82, 2.24) is 0 Å². The average molecular weight is 484 g/mol. The number of carbonyl (C=O) groups excluding carboxylic acids is 3. The lowest BCUT2D eigenvalue weighted by Crippen LogP contribution is -2.29. The van der Waals surface area contributed by atoms with E-state index in [0.717, 1.165) is 22.4 Å². The SMILES string of the molecule is CC(=O)Oc1ccc(C2/C(=C(/O)c3ccc4c(c3)CCO4)C(=O)C(=O)N2c2cc(C)cc(C)c2)cc1. The van der Waals surface area contributed by atoms with E-state index in [1.807, 2.05) is 32.0 Å². The van der Waals surface area contributed by atoms with Crippen LogP contribution >= 0.6 is 0 Å². The first-order chi connectivity index (χ1) is 17.2. The average Bonchev–Trinajstić information content (AvgIpc) is 3.40. The van der Waals surface area contributed by atoms with Gasteiger partial charge in [0.2, 0.25) is 0 Å². The lowest BCUT2D eigenvalue weighted by Gasteiger charge is -2.26. The molecule has 1 unspecified atom stereocenters. The van der Waals surface area contributed by atoms with Gasteiger partial charge in [0.25, 0.3) is 11.7 Å². The van der Waals surface area contributed by atoms with Gasteiger partial charge in [0, 0.05) is 24.6 Å². The molecule has 3 aromatic rings. The molecule has 182 valence electrons. The maximum Gasteiger partial charge on any atom is 0.308 e. The Bertz CT molecular complexity index is 1420. The predicted molar refractivity (Wildman–Crippen MR) is 134 cm³/mol. The van der Waals surface area contributed by atoms with E-state index in [2.05, 4.69) is 0 Å². The maximum absolute atomic E-state index is 13.4. The molecule has 0 bridgehead atoms. The maximum atomic E-state index is 13.4. The smallest absolute Gasteiger partial charge is 0.308 e. The van der Waals surface area contributed by atoms with Crippen molar-refractivity contribution in [3.63, 3.8) is 0 Å². The van der Waals surface area contributed by atoms with Gasteiger partial charge in [-0.1, -0.05) is 18.2 Å². The molecule has 0 aliphatic carbocycles. The lowest BCUT2D eigenvalue weighted by atomic mass is 9.94. The summed E-state index contributed by atoms with van der Waals surface area (Å²) in [6.45, 7) is 5.71. The second-order valence-electron chi connectivity index (χ2n) is 9.10. The number of aliphatic hydroxyl groups excluding tert-OH is 1. The van der Waals surface area contributed by atoms with Gasteiger partial charge in [0.05, 0.1) is 18.2 Å². The molecule has 2 aliphatic heterocycles. The number of fused-ring (bicyclic) bond motifs is 1. The molecule has 1 saturated heterocycles. The molecule has 7 nitrogen and oxygen atoms in total. The summed E-state index contributed by atoms with van der Waals surface area (Å²) in [6.07, 6.45) is 0.703. The third-order valence-corrected chi connectivity index (χ3v) is 6.35. The molecule has 0 radical (unpaired) electrons. The zero-order valence-corrected chi connectivity index (χ0v) is 20.2. The Labute approximate surface area is 208 Å². The monoisotopic (exact) mass is 483 g/mol. The molecule has 3 aromatic carbocycles. The number of Topliss-reactive ketones (excluding diaryl/α,β-unsaturated/α-hetero) is 1. The fourth-order valence-electron chi connectivity index (χ4n) is 4.88. The molecule has 1 fully saturated rings. The number of hydrogen-bond acceptors (Lipinski definition) is 6. The molecule has 0 saturated carbocycles. The Hall–Kier alpha value is -4.39. The second kappa shape index (κ2) is 9.00. The summed E-state index contributed by atoms with van der Waals surface area (Å²) in [5, 5.41) is 11.4. The van der Waals surface area contributed by atoms with Crippen LogP contribution in [0.1, 0.15) is 40.8 Å².